The summed E-state index contributed by atoms with van der Waals surface area (Å²) in [5, 5.41) is 8.93. The molecule has 5 nitrogen and oxygen atoms in total. The van der Waals surface area contributed by atoms with E-state index in [1.54, 1.807) is 19.2 Å². The molecule has 0 aliphatic rings. The van der Waals surface area contributed by atoms with Gasteiger partial charge in [-0.15, -0.1) is 11.8 Å². The Morgan fingerprint density at radius 2 is 2.06 bits per heavy atom. The first-order chi connectivity index (χ1) is 8.06. The number of hydrogen-bond acceptors (Lipinski definition) is 5. The van der Waals surface area contributed by atoms with Crippen LogP contribution in [0.3, 0.4) is 0 Å². The number of methoxy groups -OCH3 is 2. The zero-order chi connectivity index (χ0) is 13.0. The Labute approximate surface area is 104 Å². The minimum Gasteiger partial charge on any atom is -0.495 e. The molecule has 0 saturated carbocycles. The van der Waals surface area contributed by atoms with Gasteiger partial charge in [0.25, 0.3) is 0 Å². The zero-order valence-corrected chi connectivity index (χ0v) is 10.7. The van der Waals surface area contributed by atoms with Crippen LogP contribution in [0.1, 0.15) is 11.6 Å². The summed E-state index contributed by atoms with van der Waals surface area (Å²) in [5.74, 6) is -0.0111. The van der Waals surface area contributed by atoms with Gasteiger partial charge >= 0.3 is 5.97 Å². The first-order valence-electron chi connectivity index (χ1n) is 4.84. The number of carboxylic acids is 1. The van der Waals surface area contributed by atoms with E-state index in [-0.39, 0.29) is 0 Å². The minimum atomic E-state index is -1.11. The Bertz CT molecular complexity index is 422. The zero-order valence-electron chi connectivity index (χ0n) is 9.89. The molecule has 0 aliphatic heterocycles. The van der Waals surface area contributed by atoms with E-state index in [0.29, 0.717) is 17.1 Å². The largest absolute Gasteiger partial charge is 0.495 e. The number of hydrogen-bond donors (Lipinski definition) is 2. The number of thioether (sulfide) groups is 1. The average Bonchev–Trinajstić information content (AvgIpc) is 2.35. The molecule has 0 fully saturated rings. The van der Waals surface area contributed by atoms with Crippen molar-refractivity contribution in [3.63, 3.8) is 0 Å². The maximum absolute atomic E-state index is 10.9. The van der Waals surface area contributed by atoms with Crippen LogP contribution in [0.5, 0.6) is 11.5 Å². The molecule has 0 spiro atoms. The molecule has 94 valence electrons. The van der Waals surface area contributed by atoms with Crippen LogP contribution >= 0.6 is 11.8 Å². The fraction of sp³-hybridized carbons (Fsp3) is 0.364. The second-order valence-corrected chi connectivity index (χ2v) is 4.06. The quantitative estimate of drug-likeness (QED) is 0.778. The lowest BCUT2D eigenvalue weighted by atomic mass is 10.1. The van der Waals surface area contributed by atoms with Gasteiger partial charge in [0, 0.05) is 5.56 Å². The van der Waals surface area contributed by atoms with Crippen LogP contribution in [0.4, 0.5) is 0 Å². The molecule has 0 amide bonds. The van der Waals surface area contributed by atoms with Crippen LogP contribution in [0.25, 0.3) is 0 Å². The fourth-order valence-electron chi connectivity index (χ4n) is 1.50. The van der Waals surface area contributed by atoms with Crippen molar-refractivity contribution in [1.29, 1.82) is 0 Å². The molecule has 1 aromatic rings. The highest BCUT2D eigenvalue weighted by Gasteiger charge is 2.23. The number of ether oxygens (including phenoxy) is 2. The second-order valence-electron chi connectivity index (χ2n) is 3.24. The van der Waals surface area contributed by atoms with E-state index >= 15 is 0 Å². The first-order valence-corrected chi connectivity index (χ1v) is 6.06. The number of nitrogens with two attached hydrogens (primary N) is 1. The molecular weight excluding hydrogens is 242 g/mol. The lowest BCUT2D eigenvalue weighted by Crippen LogP contribution is -2.21. The summed E-state index contributed by atoms with van der Waals surface area (Å²) in [4.78, 5) is 11.6. The first kappa shape index (κ1) is 13.7. The molecule has 0 aliphatic carbocycles. The second kappa shape index (κ2) is 5.79. The van der Waals surface area contributed by atoms with Crippen molar-refractivity contribution < 1.29 is 19.4 Å². The van der Waals surface area contributed by atoms with Crippen LogP contribution < -0.4 is 15.2 Å². The molecule has 3 N–H and O–H groups in total. The fourth-order valence-corrected chi connectivity index (χ4v) is 2.24. The van der Waals surface area contributed by atoms with E-state index in [1.165, 1.54) is 18.9 Å². The monoisotopic (exact) mass is 257 g/mol. The van der Waals surface area contributed by atoms with Gasteiger partial charge in [-0.3, -0.25) is 4.79 Å². The maximum Gasteiger partial charge on any atom is 0.325 e. The number of rotatable bonds is 5. The van der Waals surface area contributed by atoms with Gasteiger partial charge in [0.05, 0.1) is 19.1 Å². The Morgan fingerprint density at radius 1 is 1.41 bits per heavy atom. The molecule has 0 heterocycles. The molecule has 1 rings (SSSR count). The summed E-state index contributed by atoms with van der Waals surface area (Å²) in [6, 6.07) is 2.18. The van der Waals surface area contributed by atoms with Gasteiger partial charge in [0.1, 0.15) is 17.5 Å². The van der Waals surface area contributed by atoms with Crippen molar-refractivity contribution >= 4 is 17.7 Å². The third kappa shape index (κ3) is 2.65. The Hall–Kier alpha value is -1.40. The van der Waals surface area contributed by atoms with Crippen LogP contribution in [-0.4, -0.2) is 31.6 Å². The topological polar surface area (TPSA) is 81.8 Å². The summed E-state index contributed by atoms with van der Waals surface area (Å²) in [7, 11) is 3.03. The van der Waals surface area contributed by atoms with Crippen LogP contribution in [0, 0.1) is 0 Å². The minimum absolute atomic E-state index is 0.435. The number of carboxylic acid groups (broad SMARTS) is 1. The van der Waals surface area contributed by atoms with Crippen molar-refractivity contribution in [2.75, 3.05) is 20.5 Å². The summed E-state index contributed by atoms with van der Waals surface area (Å²) < 4.78 is 10.4. The van der Waals surface area contributed by atoms with E-state index in [4.69, 9.17) is 20.3 Å². The third-order valence-corrected chi connectivity index (χ3v) is 3.13. The SMILES string of the molecule is COc1ccc(C(N)C(=O)O)c(OC)c1SC. The molecule has 0 saturated heterocycles. The Kier molecular flexibility index (Phi) is 4.65. The van der Waals surface area contributed by atoms with Gasteiger partial charge in [-0.1, -0.05) is 0 Å². The van der Waals surface area contributed by atoms with Crippen LogP contribution in [0.2, 0.25) is 0 Å². The van der Waals surface area contributed by atoms with Crippen molar-refractivity contribution in [3.05, 3.63) is 17.7 Å². The highest BCUT2D eigenvalue weighted by Crippen LogP contribution is 2.40. The van der Waals surface area contributed by atoms with Crippen molar-refractivity contribution in [3.8, 4) is 11.5 Å². The molecule has 1 unspecified atom stereocenters. The molecule has 1 atom stereocenters. The molecule has 17 heavy (non-hydrogen) atoms. The lowest BCUT2D eigenvalue weighted by molar-refractivity contribution is -0.138. The van der Waals surface area contributed by atoms with Crippen molar-refractivity contribution in [2.45, 2.75) is 10.9 Å². The normalized spacial score (nSPS) is 12.0. The van der Waals surface area contributed by atoms with Gasteiger partial charge in [0.15, 0.2) is 0 Å². The molecule has 0 bridgehead atoms. The smallest absolute Gasteiger partial charge is 0.325 e. The molecule has 1 aromatic carbocycles. The van der Waals surface area contributed by atoms with Crippen LogP contribution in [0.15, 0.2) is 17.0 Å². The molecule has 6 heteroatoms. The van der Waals surface area contributed by atoms with E-state index < -0.39 is 12.0 Å². The van der Waals surface area contributed by atoms with Crippen molar-refractivity contribution in [1.82, 2.24) is 0 Å². The maximum atomic E-state index is 10.9. The lowest BCUT2D eigenvalue weighted by Gasteiger charge is -2.17. The summed E-state index contributed by atoms with van der Waals surface area (Å²) >= 11 is 1.42. The number of benzene rings is 1. The Balaban J connectivity index is 3.37. The van der Waals surface area contributed by atoms with E-state index in [9.17, 15) is 4.79 Å². The molecule has 0 aromatic heterocycles. The molecule has 0 radical (unpaired) electrons. The van der Waals surface area contributed by atoms with Gasteiger partial charge in [-0.2, -0.15) is 0 Å². The highest BCUT2D eigenvalue weighted by molar-refractivity contribution is 7.98. The van der Waals surface area contributed by atoms with Gasteiger partial charge in [-0.05, 0) is 18.4 Å². The van der Waals surface area contributed by atoms with E-state index in [0.717, 1.165) is 4.90 Å². The van der Waals surface area contributed by atoms with Gasteiger partial charge < -0.3 is 20.3 Å². The van der Waals surface area contributed by atoms with E-state index in [1.807, 2.05) is 6.26 Å². The average molecular weight is 257 g/mol. The van der Waals surface area contributed by atoms with Crippen LogP contribution in [-0.2, 0) is 4.79 Å². The third-order valence-electron chi connectivity index (χ3n) is 2.34. The molecular formula is C11H15NO4S. The summed E-state index contributed by atoms with van der Waals surface area (Å²) in [6.45, 7) is 0. The standard InChI is InChI=1S/C11H15NO4S/c1-15-7-5-4-6(8(12)11(13)14)9(16-2)10(7)17-3/h4-5,8H,12H2,1-3H3,(H,13,14). The summed E-state index contributed by atoms with van der Waals surface area (Å²) in [6.07, 6.45) is 1.86. The summed E-state index contributed by atoms with van der Waals surface area (Å²) in [5.41, 5.74) is 6.04. The van der Waals surface area contributed by atoms with Crippen molar-refractivity contribution in [2.24, 2.45) is 5.73 Å². The van der Waals surface area contributed by atoms with Gasteiger partial charge in [0.2, 0.25) is 0 Å². The Morgan fingerprint density at radius 3 is 2.47 bits per heavy atom. The number of carbonyl (C=O) groups is 1. The highest BCUT2D eigenvalue weighted by atomic mass is 32.2. The predicted octanol–water partition coefficient (Wildman–Crippen LogP) is 1.51. The predicted molar refractivity (Wildman–Crippen MR) is 65.9 cm³/mol. The van der Waals surface area contributed by atoms with E-state index in [2.05, 4.69) is 0 Å². The van der Waals surface area contributed by atoms with Gasteiger partial charge in [-0.25, -0.2) is 0 Å². The number of aliphatic carboxylic acids is 1.